The molecule has 2 amide bonds. The predicted octanol–water partition coefficient (Wildman–Crippen LogP) is 4.66. The lowest BCUT2D eigenvalue weighted by atomic mass is 9.80. The van der Waals surface area contributed by atoms with Crippen molar-refractivity contribution in [1.82, 2.24) is 25.3 Å². The molecule has 3 aromatic heterocycles. The highest BCUT2D eigenvalue weighted by atomic mass is 32.1. The summed E-state index contributed by atoms with van der Waals surface area (Å²) < 4.78 is 6.21. The summed E-state index contributed by atoms with van der Waals surface area (Å²) in [5, 5.41) is 15.5. The van der Waals surface area contributed by atoms with Gasteiger partial charge >= 0.3 is 12.0 Å². The highest BCUT2D eigenvalue weighted by Gasteiger charge is 2.37. The number of carboxylic acids is 1. The minimum atomic E-state index is -0.762. The zero-order valence-electron chi connectivity index (χ0n) is 21.9. The van der Waals surface area contributed by atoms with E-state index in [0.717, 1.165) is 21.4 Å². The lowest BCUT2D eigenvalue weighted by Crippen LogP contribution is -2.43. The number of fused-ring (bicyclic) bond motifs is 1. The van der Waals surface area contributed by atoms with Crippen LogP contribution in [0.4, 0.5) is 15.9 Å². The number of rotatable bonds is 7. The Labute approximate surface area is 229 Å². The van der Waals surface area contributed by atoms with E-state index < -0.39 is 11.4 Å². The van der Waals surface area contributed by atoms with Gasteiger partial charge in [-0.05, 0) is 50.5 Å². The predicted molar refractivity (Wildman–Crippen MR) is 150 cm³/mol. The van der Waals surface area contributed by atoms with Crippen LogP contribution in [0, 0.1) is 5.41 Å². The molecule has 4 aromatic rings. The number of hydrogen-bond donors (Lipinski definition) is 3. The fourth-order valence-corrected chi connectivity index (χ4v) is 5.43. The lowest BCUT2D eigenvalue weighted by Gasteiger charge is -2.36. The molecular formula is C27H29N7O4S. The zero-order chi connectivity index (χ0) is 27.6. The van der Waals surface area contributed by atoms with E-state index in [4.69, 9.17) is 4.74 Å². The second-order valence-electron chi connectivity index (χ2n) is 9.57. The van der Waals surface area contributed by atoms with Gasteiger partial charge in [-0.25, -0.2) is 24.7 Å². The smallest absolute Gasteiger partial charge is 0.321 e. The quantitative estimate of drug-likeness (QED) is 0.301. The number of benzene rings is 1. The molecule has 12 heteroatoms. The maximum atomic E-state index is 12.1. The van der Waals surface area contributed by atoms with Crippen molar-refractivity contribution in [3.8, 4) is 28.3 Å². The normalized spacial score (nSPS) is 14.7. The van der Waals surface area contributed by atoms with Gasteiger partial charge < -0.3 is 20.1 Å². The number of carbonyl (C=O) groups excluding carboxylic acids is 1. The molecule has 1 aliphatic heterocycles. The number of aliphatic carboxylic acids is 1. The summed E-state index contributed by atoms with van der Waals surface area (Å²) in [5.74, 6) is 0.301. The number of methoxy groups -OCH3 is 1. The molecule has 1 fully saturated rings. The molecular weight excluding hydrogens is 518 g/mol. The first-order valence-corrected chi connectivity index (χ1v) is 13.4. The van der Waals surface area contributed by atoms with Crippen molar-refractivity contribution in [2.75, 3.05) is 37.0 Å². The summed E-state index contributed by atoms with van der Waals surface area (Å²) in [6.07, 6.45) is 4.60. The summed E-state index contributed by atoms with van der Waals surface area (Å²) in [6, 6.07) is 9.19. The highest BCUT2D eigenvalue weighted by molar-refractivity contribution is 7.22. The first kappa shape index (κ1) is 26.3. The third kappa shape index (κ3) is 5.46. The average molecular weight is 548 g/mol. The standard InChI is InChI=1S/C27H29N7O4S/c1-4-28-25(37)33-26-32-20-13-16(12-18(22(20)39-26)19-6-5-7-21(31-19)38-3)17-14-29-24(30-15-17)34-10-8-27(2,9-11-34)23(35)36/h5-7,12-15H,4,8-11H2,1-3H3,(H,35,36)(H2,28,32,33,37). The number of aromatic nitrogens is 4. The van der Waals surface area contributed by atoms with E-state index in [1.807, 2.05) is 36.1 Å². The van der Waals surface area contributed by atoms with Crippen LogP contribution in [0.2, 0.25) is 0 Å². The first-order chi connectivity index (χ1) is 18.8. The average Bonchev–Trinajstić information content (AvgIpc) is 3.35. The number of carbonyl (C=O) groups is 2. The summed E-state index contributed by atoms with van der Waals surface area (Å²) in [5.41, 5.74) is 3.19. The Kier molecular flexibility index (Phi) is 7.29. The van der Waals surface area contributed by atoms with Gasteiger partial charge in [-0.15, -0.1) is 0 Å². The van der Waals surface area contributed by atoms with Crippen molar-refractivity contribution in [1.29, 1.82) is 0 Å². The number of nitrogens with zero attached hydrogens (tertiary/aromatic N) is 5. The van der Waals surface area contributed by atoms with Gasteiger partial charge in [0.2, 0.25) is 11.8 Å². The monoisotopic (exact) mass is 547 g/mol. The minimum absolute atomic E-state index is 0.316. The minimum Gasteiger partial charge on any atom is -0.481 e. The van der Waals surface area contributed by atoms with Crippen LogP contribution in [-0.4, -0.2) is 63.8 Å². The number of thiazole rings is 1. The molecule has 1 aromatic carbocycles. The molecule has 0 saturated carbocycles. The lowest BCUT2D eigenvalue weighted by molar-refractivity contribution is -0.149. The number of piperidine rings is 1. The van der Waals surface area contributed by atoms with E-state index in [2.05, 4.69) is 30.6 Å². The number of urea groups is 1. The summed E-state index contributed by atoms with van der Waals surface area (Å²) in [4.78, 5) is 44.2. The maximum absolute atomic E-state index is 12.1. The van der Waals surface area contributed by atoms with Gasteiger partial charge in [-0.3, -0.25) is 10.1 Å². The molecule has 0 bridgehead atoms. The third-order valence-electron chi connectivity index (χ3n) is 6.89. The fourth-order valence-electron chi connectivity index (χ4n) is 4.47. The molecule has 0 radical (unpaired) electrons. The number of pyridine rings is 1. The highest BCUT2D eigenvalue weighted by Crippen LogP contribution is 2.39. The van der Waals surface area contributed by atoms with Crippen LogP contribution in [0.1, 0.15) is 26.7 Å². The molecule has 1 saturated heterocycles. The van der Waals surface area contributed by atoms with Gasteiger partial charge in [0.25, 0.3) is 0 Å². The van der Waals surface area contributed by atoms with Crippen LogP contribution in [-0.2, 0) is 4.79 Å². The Morgan fingerprint density at radius 2 is 1.87 bits per heavy atom. The van der Waals surface area contributed by atoms with Gasteiger partial charge in [0.1, 0.15) is 0 Å². The molecule has 11 nitrogen and oxygen atoms in total. The molecule has 202 valence electrons. The third-order valence-corrected chi connectivity index (χ3v) is 7.91. The van der Waals surface area contributed by atoms with Crippen molar-refractivity contribution in [3.63, 3.8) is 0 Å². The van der Waals surface area contributed by atoms with Gasteiger partial charge in [0.15, 0.2) is 5.13 Å². The van der Waals surface area contributed by atoms with Gasteiger partial charge in [-0.1, -0.05) is 17.4 Å². The molecule has 1 aliphatic rings. The Bertz CT molecular complexity index is 1510. The molecule has 5 rings (SSSR count). The molecule has 0 aliphatic carbocycles. The summed E-state index contributed by atoms with van der Waals surface area (Å²) in [7, 11) is 1.57. The maximum Gasteiger partial charge on any atom is 0.321 e. The molecule has 3 N–H and O–H groups in total. The molecule has 0 unspecified atom stereocenters. The van der Waals surface area contributed by atoms with Crippen molar-refractivity contribution < 1.29 is 19.4 Å². The molecule has 4 heterocycles. The van der Waals surface area contributed by atoms with Crippen molar-refractivity contribution >= 4 is 44.6 Å². The SMILES string of the molecule is CCNC(=O)Nc1nc2cc(-c3cnc(N4CCC(C)(C(=O)O)CC4)nc3)cc(-c3cccc(OC)n3)c2s1. The number of anilines is 2. The van der Waals surface area contributed by atoms with E-state index in [-0.39, 0.29) is 6.03 Å². The summed E-state index contributed by atoms with van der Waals surface area (Å²) >= 11 is 1.37. The van der Waals surface area contributed by atoms with Crippen LogP contribution >= 0.6 is 11.3 Å². The molecule has 0 atom stereocenters. The van der Waals surface area contributed by atoms with Crippen molar-refractivity contribution in [3.05, 3.63) is 42.7 Å². The topological polar surface area (TPSA) is 142 Å². The fraction of sp³-hybridized carbons (Fsp3) is 0.333. The zero-order valence-corrected chi connectivity index (χ0v) is 22.7. The second kappa shape index (κ2) is 10.8. The van der Waals surface area contributed by atoms with Crippen molar-refractivity contribution in [2.24, 2.45) is 5.41 Å². The Hall–Kier alpha value is -4.32. The summed E-state index contributed by atoms with van der Waals surface area (Å²) in [6.45, 7) is 5.31. The van der Waals surface area contributed by atoms with Crippen LogP contribution in [0.25, 0.3) is 32.6 Å². The second-order valence-corrected chi connectivity index (χ2v) is 10.6. The first-order valence-electron chi connectivity index (χ1n) is 12.6. The molecule has 39 heavy (non-hydrogen) atoms. The van der Waals surface area contributed by atoms with Crippen molar-refractivity contribution in [2.45, 2.75) is 26.7 Å². The van der Waals surface area contributed by atoms with Crippen LogP contribution < -0.4 is 20.3 Å². The van der Waals surface area contributed by atoms with Crippen LogP contribution in [0.15, 0.2) is 42.7 Å². The van der Waals surface area contributed by atoms with E-state index in [9.17, 15) is 14.7 Å². The van der Waals surface area contributed by atoms with E-state index >= 15 is 0 Å². The number of carboxylic acid groups (broad SMARTS) is 1. The van der Waals surface area contributed by atoms with E-state index in [1.165, 1.54) is 11.3 Å². The number of nitrogens with one attached hydrogen (secondary N) is 2. The van der Waals surface area contributed by atoms with E-state index in [0.29, 0.717) is 60.6 Å². The number of hydrogen-bond acceptors (Lipinski definition) is 9. The van der Waals surface area contributed by atoms with E-state index in [1.54, 1.807) is 32.5 Å². The van der Waals surface area contributed by atoms with Crippen LogP contribution in [0.5, 0.6) is 5.88 Å². The Morgan fingerprint density at radius 3 is 2.54 bits per heavy atom. The van der Waals surface area contributed by atoms with Gasteiger partial charge in [-0.2, -0.15) is 0 Å². The largest absolute Gasteiger partial charge is 0.481 e. The number of ether oxygens (including phenoxy) is 1. The van der Waals surface area contributed by atoms with Gasteiger partial charge in [0.05, 0.1) is 28.4 Å². The number of amides is 2. The Balaban J connectivity index is 1.49. The Morgan fingerprint density at radius 1 is 1.13 bits per heavy atom. The molecule has 0 spiro atoms. The van der Waals surface area contributed by atoms with Crippen LogP contribution in [0.3, 0.4) is 0 Å². The van der Waals surface area contributed by atoms with Gasteiger partial charge in [0, 0.05) is 49.2 Å².